The van der Waals surface area contributed by atoms with E-state index in [0.29, 0.717) is 0 Å². The summed E-state index contributed by atoms with van der Waals surface area (Å²) in [4.78, 5) is 13.1. The third kappa shape index (κ3) is 3.56. The maximum absolute atomic E-state index is 11.3. The number of amides is 1. The molecular formula is C13H19NOS. The number of aryl methyl sites for hydroxylation is 2. The smallest absolute Gasteiger partial charge is 0.232 e. The van der Waals surface area contributed by atoms with Gasteiger partial charge in [0.2, 0.25) is 5.91 Å². The number of benzene rings is 1. The molecule has 0 aromatic heterocycles. The Balaban J connectivity index is 2.60. The molecule has 0 fully saturated rings. The molecule has 1 amide bonds. The first-order chi connectivity index (χ1) is 7.54. The van der Waals surface area contributed by atoms with Crippen molar-refractivity contribution in [2.75, 3.05) is 19.3 Å². The summed E-state index contributed by atoms with van der Waals surface area (Å²) in [5.74, 6) is 0.358. The highest BCUT2D eigenvalue weighted by Crippen LogP contribution is 2.11. The maximum atomic E-state index is 11.3. The van der Waals surface area contributed by atoms with Gasteiger partial charge in [-0.15, -0.1) is 0 Å². The van der Waals surface area contributed by atoms with Crippen molar-refractivity contribution in [3.05, 3.63) is 34.9 Å². The first-order valence-electron chi connectivity index (χ1n) is 5.45. The number of nitrogens with zero attached hydrogens (tertiary/aromatic N) is 1. The highest BCUT2D eigenvalue weighted by molar-refractivity contribution is 7.81. The molecule has 0 N–H and O–H groups in total. The van der Waals surface area contributed by atoms with E-state index in [1.807, 2.05) is 7.05 Å². The van der Waals surface area contributed by atoms with Crippen LogP contribution in [0.1, 0.15) is 16.7 Å². The van der Waals surface area contributed by atoms with Gasteiger partial charge in [-0.2, -0.15) is 12.6 Å². The van der Waals surface area contributed by atoms with Crippen molar-refractivity contribution in [1.29, 1.82) is 0 Å². The maximum Gasteiger partial charge on any atom is 0.232 e. The quantitative estimate of drug-likeness (QED) is 0.796. The van der Waals surface area contributed by atoms with Crippen LogP contribution >= 0.6 is 12.6 Å². The average Bonchev–Trinajstić information content (AvgIpc) is 2.28. The van der Waals surface area contributed by atoms with E-state index < -0.39 is 0 Å². The fourth-order valence-electron chi connectivity index (χ4n) is 1.60. The van der Waals surface area contributed by atoms with Crippen LogP contribution in [0.4, 0.5) is 0 Å². The molecule has 0 aliphatic carbocycles. The summed E-state index contributed by atoms with van der Waals surface area (Å²) in [6, 6.07) is 6.43. The fourth-order valence-corrected chi connectivity index (χ4v) is 1.84. The van der Waals surface area contributed by atoms with Crippen LogP contribution in [0.25, 0.3) is 0 Å². The molecule has 1 aromatic rings. The summed E-state index contributed by atoms with van der Waals surface area (Å²) >= 11 is 3.98. The summed E-state index contributed by atoms with van der Waals surface area (Å²) in [5.41, 5.74) is 3.87. The van der Waals surface area contributed by atoms with E-state index in [2.05, 4.69) is 44.7 Å². The Labute approximate surface area is 103 Å². The van der Waals surface area contributed by atoms with E-state index in [4.69, 9.17) is 0 Å². The molecule has 0 saturated carbocycles. The summed E-state index contributed by atoms with van der Waals surface area (Å²) in [6.07, 6.45) is 0.906. The lowest BCUT2D eigenvalue weighted by Gasteiger charge is -2.16. The SMILES string of the molecule is Cc1ccc(C)c(CCN(C)C(=O)CS)c1. The van der Waals surface area contributed by atoms with Crippen molar-refractivity contribution in [3.63, 3.8) is 0 Å². The van der Waals surface area contributed by atoms with E-state index in [1.165, 1.54) is 16.7 Å². The minimum Gasteiger partial charge on any atom is -0.345 e. The Morgan fingerprint density at radius 3 is 2.69 bits per heavy atom. The van der Waals surface area contributed by atoms with E-state index in [0.717, 1.165) is 13.0 Å². The molecule has 0 atom stereocenters. The van der Waals surface area contributed by atoms with Crippen LogP contribution in [0.5, 0.6) is 0 Å². The van der Waals surface area contributed by atoms with Gasteiger partial charge in [0.15, 0.2) is 0 Å². The Morgan fingerprint density at radius 2 is 2.06 bits per heavy atom. The molecule has 0 aliphatic heterocycles. The van der Waals surface area contributed by atoms with Crippen LogP contribution in [-0.4, -0.2) is 30.2 Å². The highest BCUT2D eigenvalue weighted by atomic mass is 32.1. The first-order valence-corrected chi connectivity index (χ1v) is 6.08. The van der Waals surface area contributed by atoms with Gasteiger partial charge in [0.25, 0.3) is 0 Å². The van der Waals surface area contributed by atoms with Gasteiger partial charge in [-0.25, -0.2) is 0 Å². The molecule has 1 aromatic carbocycles. The molecule has 2 nitrogen and oxygen atoms in total. The average molecular weight is 237 g/mol. The van der Waals surface area contributed by atoms with E-state index in [-0.39, 0.29) is 11.7 Å². The van der Waals surface area contributed by atoms with Gasteiger partial charge in [0, 0.05) is 13.6 Å². The topological polar surface area (TPSA) is 20.3 Å². The Kier molecular flexibility index (Phi) is 4.87. The molecule has 0 radical (unpaired) electrons. The lowest BCUT2D eigenvalue weighted by atomic mass is 10.0. The summed E-state index contributed by atoms with van der Waals surface area (Å²) in [7, 11) is 1.82. The van der Waals surface area contributed by atoms with E-state index in [9.17, 15) is 4.79 Å². The van der Waals surface area contributed by atoms with Gasteiger partial charge in [0.1, 0.15) is 0 Å². The van der Waals surface area contributed by atoms with Crippen molar-refractivity contribution in [2.45, 2.75) is 20.3 Å². The number of rotatable bonds is 4. The van der Waals surface area contributed by atoms with Crippen LogP contribution in [0.15, 0.2) is 18.2 Å². The second-order valence-electron chi connectivity index (χ2n) is 4.15. The monoisotopic (exact) mass is 237 g/mol. The molecule has 0 spiro atoms. The van der Waals surface area contributed by atoms with Crippen molar-refractivity contribution in [2.24, 2.45) is 0 Å². The van der Waals surface area contributed by atoms with Crippen LogP contribution < -0.4 is 0 Å². The van der Waals surface area contributed by atoms with Gasteiger partial charge in [-0.3, -0.25) is 4.79 Å². The Morgan fingerprint density at radius 1 is 1.38 bits per heavy atom. The lowest BCUT2D eigenvalue weighted by Crippen LogP contribution is -2.29. The van der Waals surface area contributed by atoms with Crippen molar-refractivity contribution in [1.82, 2.24) is 4.90 Å². The van der Waals surface area contributed by atoms with Crippen LogP contribution in [-0.2, 0) is 11.2 Å². The molecule has 88 valence electrons. The van der Waals surface area contributed by atoms with Crippen molar-refractivity contribution < 1.29 is 4.79 Å². The molecule has 0 saturated heterocycles. The molecule has 3 heteroatoms. The standard InChI is InChI=1S/C13H19NOS/c1-10-4-5-11(2)12(8-10)6-7-14(3)13(15)9-16/h4-5,8,16H,6-7,9H2,1-3H3. The Hall–Kier alpha value is -0.960. The van der Waals surface area contributed by atoms with Gasteiger partial charge < -0.3 is 4.90 Å². The third-order valence-corrected chi connectivity index (χ3v) is 3.05. The molecular weight excluding hydrogens is 218 g/mol. The number of hydrogen-bond acceptors (Lipinski definition) is 2. The zero-order valence-corrected chi connectivity index (χ0v) is 11.1. The predicted molar refractivity (Wildman–Crippen MR) is 71.1 cm³/mol. The van der Waals surface area contributed by atoms with Gasteiger partial charge in [-0.1, -0.05) is 23.8 Å². The van der Waals surface area contributed by atoms with Crippen LogP contribution in [0.3, 0.4) is 0 Å². The summed E-state index contributed by atoms with van der Waals surface area (Å²) < 4.78 is 0. The number of likely N-dealkylation sites (N-methyl/N-ethyl adjacent to an activating group) is 1. The molecule has 0 aliphatic rings. The molecule has 0 heterocycles. The number of thiol groups is 1. The van der Waals surface area contributed by atoms with Crippen LogP contribution in [0, 0.1) is 13.8 Å². The second-order valence-corrected chi connectivity index (χ2v) is 4.47. The van der Waals surface area contributed by atoms with Gasteiger partial charge in [-0.05, 0) is 31.4 Å². The van der Waals surface area contributed by atoms with E-state index >= 15 is 0 Å². The lowest BCUT2D eigenvalue weighted by molar-refractivity contribution is -0.127. The molecule has 1 rings (SSSR count). The third-order valence-electron chi connectivity index (χ3n) is 2.78. The zero-order chi connectivity index (χ0) is 12.1. The zero-order valence-electron chi connectivity index (χ0n) is 10.2. The van der Waals surface area contributed by atoms with Crippen LogP contribution in [0.2, 0.25) is 0 Å². The number of carbonyl (C=O) groups excluding carboxylic acids is 1. The normalized spacial score (nSPS) is 10.2. The number of carbonyl (C=O) groups is 1. The number of hydrogen-bond donors (Lipinski definition) is 1. The summed E-state index contributed by atoms with van der Waals surface area (Å²) in [5, 5.41) is 0. The van der Waals surface area contributed by atoms with Gasteiger partial charge in [0.05, 0.1) is 5.75 Å². The minimum absolute atomic E-state index is 0.0774. The van der Waals surface area contributed by atoms with Crippen molar-refractivity contribution in [3.8, 4) is 0 Å². The predicted octanol–water partition coefficient (Wildman–Crippen LogP) is 2.23. The van der Waals surface area contributed by atoms with E-state index in [1.54, 1.807) is 4.90 Å². The van der Waals surface area contributed by atoms with Gasteiger partial charge >= 0.3 is 0 Å². The molecule has 16 heavy (non-hydrogen) atoms. The first kappa shape index (κ1) is 13.1. The minimum atomic E-state index is 0.0774. The summed E-state index contributed by atoms with van der Waals surface area (Å²) in [6.45, 7) is 4.95. The largest absolute Gasteiger partial charge is 0.345 e. The molecule has 0 unspecified atom stereocenters. The second kappa shape index (κ2) is 5.94. The Bertz CT molecular complexity index is 376. The highest BCUT2D eigenvalue weighted by Gasteiger charge is 2.07. The van der Waals surface area contributed by atoms with Crippen molar-refractivity contribution >= 4 is 18.5 Å². The molecule has 0 bridgehead atoms. The fraction of sp³-hybridized carbons (Fsp3) is 0.462.